The van der Waals surface area contributed by atoms with Gasteiger partial charge in [-0.15, -0.1) is 24.0 Å². The Balaban J connectivity index is 0.00000484. The normalized spacial score (nSPS) is 16.0. The summed E-state index contributed by atoms with van der Waals surface area (Å²) < 4.78 is 0. The third-order valence-electron chi connectivity index (χ3n) is 4.01. The van der Waals surface area contributed by atoms with Crippen molar-refractivity contribution < 1.29 is 4.79 Å². The monoisotopic (exact) mass is 436 g/mol. The molecule has 0 bridgehead atoms. The average molecular weight is 436 g/mol. The van der Waals surface area contributed by atoms with Gasteiger partial charge in [-0.2, -0.15) is 0 Å². The lowest BCUT2D eigenvalue weighted by atomic mass is 9.97. The van der Waals surface area contributed by atoms with Gasteiger partial charge in [0.25, 0.3) is 0 Å². The van der Waals surface area contributed by atoms with Crippen molar-refractivity contribution in [2.24, 2.45) is 4.99 Å². The summed E-state index contributed by atoms with van der Waals surface area (Å²) in [5.41, 5.74) is 1.56. The minimum Gasteiger partial charge on any atom is -0.356 e. The molecule has 0 heterocycles. The van der Waals surface area contributed by atoms with Gasteiger partial charge in [-0.1, -0.05) is 18.6 Å². The van der Waals surface area contributed by atoms with Crippen molar-refractivity contribution in [3.8, 4) is 0 Å². The average Bonchev–Trinajstić information content (AvgIpc) is 2.54. The predicted octanol–water partition coefficient (Wildman–Crippen LogP) is 2.96. The van der Waals surface area contributed by atoms with Gasteiger partial charge in [0.05, 0.1) is 0 Å². The van der Waals surface area contributed by atoms with E-state index in [1.165, 1.54) is 25.7 Å². The van der Waals surface area contributed by atoms with Crippen molar-refractivity contribution >= 4 is 35.8 Å². The van der Waals surface area contributed by atoms with Crippen LogP contribution in [0.25, 0.3) is 0 Å². The van der Waals surface area contributed by atoms with Gasteiger partial charge in [0, 0.05) is 32.6 Å². The third kappa shape index (κ3) is 10.6. The number of aliphatic imine (C=N–C) groups is 1. The fourth-order valence-corrected chi connectivity index (χ4v) is 2.44. The minimum atomic E-state index is 0. The molecule has 3 N–H and O–H groups in total. The highest BCUT2D eigenvalue weighted by Gasteiger charge is 2.06. The van der Waals surface area contributed by atoms with Gasteiger partial charge < -0.3 is 16.0 Å². The third-order valence-corrected chi connectivity index (χ3v) is 4.01. The highest BCUT2D eigenvalue weighted by Crippen LogP contribution is 2.19. The smallest absolute Gasteiger partial charge is 0.221 e. The number of rotatable bonds is 8. The van der Waals surface area contributed by atoms with Crippen molar-refractivity contribution in [3.05, 3.63) is 11.6 Å². The molecular formula is C17H33IN4O. The van der Waals surface area contributed by atoms with E-state index in [-0.39, 0.29) is 35.9 Å². The molecule has 1 rings (SSSR count). The van der Waals surface area contributed by atoms with E-state index < -0.39 is 0 Å². The van der Waals surface area contributed by atoms with E-state index in [4.69, 9.17) is 0 Å². The molecule has 0 fully saturated rings. The molecule has 6 heteroatoms. The first-order chi connectivity index (χ1) is 10.7. The van der Waals surface area contributed by atoms with Crippen LogP contribution in [0.15, 0.2) is 16.6 Å². The van der Waals surface area contributed by atoms with Crippen LogP contribution in [0.5, 0.6) is 0 Å². The molecule has 1 aliphatic carbocycles. The number of carbonyl (C=O) groups is 1. The molecule has 0 spiro atoms. The second-order valence-corrected chi connectivity index (χ2v) is 5.91. The van der Waals surface area contributed by atoms with E-state index in [1.807, 2.05) is 6.92 Å². The Morgan fingerprint density at radius 3 is 2.65 bits per heavy atom. The second kappa shape index (κ2) is 13.6. The van der Waals surface area contributed by atoms with Crippen molar-refractivity contribution in [1.82, 2.24) is 16.0 Å². The van der Waals surface area contributed by atoms with Crippen LogP contribution < -0.4 is 16.0 Å². The molecule has 0 saturated heterocycles. The highest BCUT2D eigenvalue weighted by molar-refractivity contribution is 14.0. The molecule has 1 atom stereocenters. The summed E-state index contributed by atoms with van der Waals surface area (Å²) >= 11 is 0. The van der Waals surface area contributed by atoms with Crippen LogP contribution in [0.1, 0.15) is 58.8 Å². The molecule has 1 aliphatic rings. The number of amides is 1. The zero-order valence-electron chi connectivity index (χ0n) is 14.8. The molecule has 134 valence electrons. The molecule has 0 aromatic heterocycles. The lowest BCUT2D eigenvalue weighted by Crippen LogP contribution is -2.40. The Morgan fingerprint density at radius 2 is 2.04 bits per heavy atom. The van der Waals surface area contributed by atoms with E-state index in [0.717, 1.165) is 25.3 Å². The summed E-state index contributed by atoms with van der Waals surface area (Å²) in [6.07, 6.45) is 10.0. The first-order valence-electron chi connectivity index (χ1n) is 8.57. The standard InChI is InChI=1S/C17H32N4O.HI/c1-4-14(2)21-16(22)11-13-20-17(18-3)19-12-10-15-8-6-5-7-9-15;/h8,14H,4-7,9-13H2,1-3H3,(H,21,22)(H2,18,19,20);1H. The van der Waals surface area contributed by atoms with Crippen molar-refractivity contribution in [3.63, 3.8) is 0 Å². The van der Waals surface area contributed by atoms with Gasteiger partial charge in [-0.05, 0) is 45.4 Å². The summed E-state index contributed by atoms with van der Waals surface area (Å²) in [6, 6.07) is 0.244. The molecule has 1 amide bonds. The van der Waals surface area contributed by atoms with Gasteiger partial charge in [0.15, 0.2) is 5.96 Å². The van der Waals surface area contributed by atoms with Crippen LogP contribution >= 0.6 is 24.0 Å². The first kappa shape index (κ1) is 22.2. The Kier molecular flexibility index (Phi) is 13.2. The number of allylic oxidation sites excluding steroid dienone is 1. The molecule has 0 aromatic carbocycles. The largest absolute Gasteiger partial charge is 0.356 e. The van der Waals surface area contributed by atoms with Crippen LogP contribution in [-0.2, 0) is 4.79 Å². The number of nitrogens with one attached hydrogen (secondary N) is 3. The van der Waals surface area contributed by atoms with Gasteiger partial charge in [0.2, 0.25) is 5.91 Å². The van der Waals surface area contributed by atoms with E-state index in [1.54, 1.807) is 12.6 Å². The molecule has 0 saturated carbocycles. The lowest BCUT2D eigenvalue weighted by Gasteiger charge is -2.15. The Bertz CT molecular complexity index is 396. The van der Waals surface area contributed by atoms with Gasteiger partial charge in [-0.3, -0.25) is 9.79 Å². The zero-order valence-corrected chi connectivity index (χ0v) is 17.1. The summed E-state index contributed by atoms with van der Waals surface area (Å²) in [6.45, 7) is 5.58. The molecule has 0 radical (unpaired) electrons. The second-order valence-electron chi connectivity index (χ2n) is 5.91. The summed E-state index contributed by atoms with van der Waals surface area (Å²) in [4.78, 5) is 15.9. The van der Waals surface area contributed by atoms with E-state index in [9.17, 15) is 4.79 Å². The number of hydrogen-bond acceptors (Lipinski definition) is 2. The number of guanidine groups is 1. The summed E-state index contributed by atoms with van der Waals surface area (Å²) in [5, 5.41) is 9.46. The quantitative estimate of drug-likeness (QED) is 0.237. The lowest BCUT2D eigenvalue weighted by molar-refractivity contribution is -0.121. The van der Waals surface area contributed by atoms with Gasteiger partial charge in [-0.25, -0.2) is 0 Å². The van der Waals surface area contributed by atoms with Crippen molar-refractivity contribution in [2.45, 2.75) is 64.8 Å². The fourth-order valence-electron chi connectivity index (χ4n) is 2.44. The van der Waals surface area contributed by atoms with Crippen LogP contribution in [-0.4, -0.2) is 38.0 Å². The molecule has 0 aromatic rings. The molecule has 5 nitrogen and oxygen atoms in total. The number of hydrogen-bond donors (Lipinski definition) is 3. The van der Waals surface area contributed by atoms with Crippen LogP contribution in [0, 0.1) is 0 Å². The zero-order chi connectivity index (χ0) is 16.2. The number of halogens is 1. The minimum absolute atomic E-state index is 0. The van der Waals surface area contributed by atoms with Gasteiger partial charge >= 0.3 is 0 Å². The van der Waals surface area contributed by atoms with E-state index in [0.29, 0.717) is 13.0 Å². The van der Waals surface area contributed by atoms with Crippen molar-refractivity contribution in [2.75, 3.05) is 20.1 Å². The van der Waals surface area contributed by atoms with E-state index in [2.05, 4.69) is 33.9 Å². The molecule has 1 unspecified atom stereocenters. The SMILES string of the molecule is CCC(C)NC(=O)CCNC(=NC)NCCC1=CCCCC1.I. The maximum absolute atomic E-state index is 11.7. The van der Waals surface area contributed by atoms with E-state index >= 15 is 0 Å². The number of carbonyl (C=O) groups excluding carboxylic acids is 1. The first-order valence-corrected chi connectivity index (χ1v) is 8.57. The van der Waals surface area contributed by atoms with Crippen LogP contribution in [0.2, 0.25) is 0 Å². The molecule has 23 heavy (non-hydrogen) atoms. The topological polar surface area (TPSA) is 65.5 Å². The Labute approximate surface area is 158 Å². The highest BCUT2D eigenvalue weighted by atomic mass is 127. The molecular weight excluding hydrogens is 403 g/mol. The summed E-state index contributed by atoms with van der Waals surface area (Å²) in [7, 11) is 1.76. The maximum atomic E-state index is 11.7. The Hall–Kier alpha value is -0.790. The Morgan fingerprint density at radius 1 is 1.30 bits per heavy atom. The fraction of sp³-hybridized carbons (Fsp3) is 0.765. The predicted molar refractivity (Wildman–Crippen MR) is 108 cm³/mol. The van der Waals surface area contributed by atoms with Crippen molar-refractivity contribution in [1.29, 1.82) is 0 Å². The van der Waals surface area contributed by atoms with Crippen LogP contribution in [0.3, 0.4) is 0 Å². The van der Waals surface area contributed by atoms with Crippen LogP contribution in [0.4, 0.5) is 0 Å². The maximum Gasteiger partial charge on any atom is 0.221 e. The number of nitrogens with zero attached hydrogens (tertiary/aromatic N) is 1. The van der Waals surface area contributed by atoms with Gasteiger partial charge in [0.1, 0.15) is 0 Å². The molecule has 0 aliphatic heterocycles. The summed E-state index contributed by atoms with van der Waals surface area (Å²) in [5.74, 6) is 0.859.